The molecule has 0 spiro atoms. The van der Waals surface area contributed by atoms with Gasteiger partial charge in [0.1, 0.15) is 0 Å². The third-order valence-electron chi connectivity index (χ3n) is 3.22. The van der Waals surface area contributed by atoms with Gasteiger partial charge in [0.25, 0.3) is 0 Å². The molecule has 4 nitrogen and oxygen atoms in total. The van der Waals surface area contributed by atoms with Crippen molar-refractivity contribution < 1.29 is 9.53 Å². The summed E-state index contributed by atoms with van der Waals surface area (Å²) in [6.07, 6.45) is 2.40. The van der Waals surface area contributed by atoms with Crippen LogP contribution in [0, 0.1) is 12.8 Å². The molecule has 0 aromatic carbocycles. The van der Waals surface area contributed by atoms with Crippen molar-refractivity contribution in [1.29, 1.82) is 0 Å². The van der Waals surface area contributed by atoms with Crippen LogP contribution >= 0.6 is 11.3 Å². The lowest BCUT2D eigenvalue weighted by molar-refractivity contribution is 0.0594. The average Bonchev–Trinajstić information content (AvgIpc) is 2.71. The lowest BCUT2D eigenvalue weighted by atomic mass is 10.00. The smallest absolute Gasteiger partial charge is 0.357 e. The molecular formula is C12H18N2O2S. The van der Waals surface area contributed by atoms with Crippen molar-refractivity contribution in [3.8, 4) is 0 Å². The molecule has 0 saturated carbocycles. The first-order valence-corrected chi connectivity index (χ1v) is 6.74. The predicted octanol–water partition coefficient (Wildman–Crippen LogP) is 2.47. The minimum absolute atomic E-state index is 0.338. The monoisotopic (exact) mass is 254 g/mol. The van der Waals surface area contributed by atoms with Crippen molar-refractivity contribution in [3.63, 3.8) is 0 Å². The van der Waals surface area contributed by atoms with E-state index in [9.17, 15) is 4.79 Å². The summed E-state index contributed by atoms with van der Waals surface area (Å²) in [7, 11) is 1.39. The zero-order valence-corrected chi connectivity index (χ0v) is 11.3. The van der Waals surface area contributed by atoms with E-state index >= 15 is 0 Å². The molecule has 0 aliphatic carbocycles. The van der Waals surface area contributed by atoms with Gasteiger partial charge in [-0.3, -0.25) is 0 Å². The largest absolute Gasteiger partial charge is 0.464 e. The number of esters is 1. The fourth-order valence-corrected chi connectivity index (χ4v) is 2.95. The summed E-state index contributed by atoms with van der Waals surface area (Å²) in [5.41, 5.74) is 0.464. The Labute approximate surface area is 106 Å². The second kappa shape index (κ2) is 5.04. The molecule has 2 rings (SSSR count). The number of hydrogen-bond donors (Lipinski definition) is 0. The fourth-order valence-electron chi connectivity index (χ4n) is 2.00. The van der Waals surface area contributed by atoms with Crippen LogP contribution in [-0.2, 0) is 4.74 Å². The number of piperidine rings is 1. The third kappa shape index (κ3) is 2.60. The first-order chi connectivity index (χ1) is 8.11. The van der Waals surface area contributed by atoms with Crippen LogP contribution in [0.1, 0.15) is 35.1 Å². The Hall–Kier alpha value is -1.10. The zero-order valence-electron chi connectivity index (χ0n) is 10.5. The van der Waals surface area contributed by atoms with Gasteiger partial charge in [0.05, 0.1) is 7.11 Å². The Morgan fingerprint density at radius 2 is 2.12 bits per heavy atom. The number of methoxy groups -OCH3 is 1. The van der Waals surface area contributed by atoms with E-state index in [4.69, 9.17) is 4.74 Å². The van der Waals surface area contributed by atoms with Crippen LogP contribution in [0.4, 0.5) is 5.13 Å². The summed E-state index contributed by atoms with van der Waals surface area (Å²) in [6.45, 7) is 6.27. The highest BCUT2D eigenvalue weighted by atomic mass is 32.1. The van der Waals surface area contributed by atoms with E-state index in [1.165, 1.54) is 20.0 Å². The summed E-state index contributed by atoms with van der Waals surface area (Å²) in [5.74, 6) is 0.461. The van der Waals surface area contributed by atoms with E-state index in [-0.39, 0.29) is 5.97 Å². The molecule has 1 fully saturated rings. The maximum Gasteiger partial charge on any atom is 0.357 e. The molecule has 2 heterocycles. The molecule has 0 amide bonds. The minimum Gasteiger partial charge on any atom is -0.464 e. The van der Waals surface area contributed by atoms with Crippen LogP contribution in [0.25, 0.3) is 0 Å². The maximum atomic E-state index is 11.5. The number of carbonyl (C=O) groups excluding carboxylic acids is 1. The van der Waals surface area contributed by atoms with Crippen molar-refractivity contribution in [2.45, 2.75) is 26.7 Å². The minimum atomic E-state index is -0.338. The van der Waals surface area contributed by atoms with E-state index < -0.39 is 0 Å². The van der Waals surface area contributed by atoms with Gasteiger partial charge >= 0.3 is 5.97 Å². The predicted molar refractivity (Wildman–Crippen MR) is 68.8 cm³/mol. The Morgan fingerprint density at radius 1 is 1.47 bits per heavy atom. The Kier molecular flexibility index (Phi) is 3.66. The van der Waals surface area contributed by atoms with Crippen molar-refractivity contribution in [3.05, 3.63) is 10.6 Å². The van der Waals surface area contributed by atoms with Gasteiger partial charge in [-0.1, -0.05) is 6.92 Å². The van der Waals surface area contributed by atoms with Crippen molar-refractivity contribution in [1.82, 2.24) is 4.98 Å². The Morgan fingerprint density at radius 3 is 2.71 bits per heavy atom. The maximum absolute atomic E-state index is 11.5. The highest BCUT2D eigenvalue weighted by Gasteiger charge is 2.22. The number of aromatic nitrogens is 1. The van der Waals surface area contributed by atoms with E-state index in [0.717, 1.165) is 29.0 Å². The fraction of sp³-hybridized carbons (Fsp3) is 0.667. The first kappa shape index (κ1) is 12.4. The molecule has 5 heteroatoms. The molecule has 1 aliphatic rings. The van der Waals surface area contributed by atoms with Gasteiger partial charge in [0, 0.05) is 18.0 Å². The van der Waals surface area contributed by atoms with Crippen molar-refractivity contribution in [2.24, 2.45) is 5.92 Å². The molecular weight excluding hydrogens is 236 g/mol. The topological polar surface area (TPSA) is 42.4 Å². The van der Waals surface area contributed by atoms with Crippen molar-refractivity contribution in [2.75, 3.05) is 25.1 Å². The van der Waals surface area contributed by atoms with Crippen LogP contribution in [0.5, 0.6) is 0 Å². The van der Waals surface area contributed by atoms with Crippen LogP contribution in [0.15, 0.2) is 0 Å². The molecule has 1 saturated heterocycles. The molecule has 17 heavy (non-hydrogen) atoms. The summed E-state index contributed by atoms with van der Waals surface area (Å²) in [5, 5.41) is 0.954. The number of nitrogens with zero attached hydrogens (tertiary/aromatic N) is 2. The summed E-state index contributed by atoms with van der Waals surface area (Å²) >= 11 is 1.58. The number of hydrogen-bond acceptors (Lipinski definition) is 5. The summed E-state index contributed by atoms with van der Waals surface area (Å²) in [6, 6.07) is 0. The molecule has 0 unspecified atom stereocenters. The Bertz CT molecular complexity index is 409. The second-order valence-electron chi connectivity index (χ2n) is 4.56. The average molecular weight is 254 g/mol. The number of aryl methyl sites for hydroxylation is 1. The van der Waals surface area contributed by atoms with Crippen LogP contribution in [0.3, 0.4) is 0 Å². The highest BCUT2D eigenvalue weighted by Crippen LogP contribution is 2.29. The molecule has 0 radical (unpaired) electrons. The molecule has 0 N–H and O–H groups in total. The summed E-state index contributed by atoms with van der Waals surface area (Å²) in [4.78, 5) is 19.1. The van der Waals surface area contributed by atoms with E-state index in [1.807, 2.05) is 6.92 Å². The number of carbonyl (C=O) groups is 1. The molecule has 1 aliphatic heterocycles. The van der Waals surface area contributed by atoms with Gasteiger partial charge < -0.3 is 9.64 Å². The van der Waals surface area contributed by atoms with Crippen molar-refractivity contribution >= 4 is 22.4 Å². The lowest BCUT2D eigenvalue weighted by Crippen LogP contribution is -2.32. The normalized spacial score (nSPS) is 17.2. The van der Waals surface area contributed by atoms with Gasteiger partial charge in [-0.2, -0.15) is 0 Å². The van der Waals surface area contributed by atoms with Crippen LogP contribution in [0.2, 0.25) is 0 Å². The van der Waals surface area contributed by atoms with E-state index in [0.29, 0.717) is 5.69 Å². The SMILES string of the molecule is COC(=O)c1nc(N2CCC(C)CC2)sc1C. The number of ether oxygens (including phenoxy) is 1. The van der Waals surface area contributed by atoms with Crippen LogP contribution < -0.4 is 4.90 Å². The Balaban J connectivity index is 2.14. The van der Waals surface area contributed by atoms with Gasteiger partial charge in [0.2, 0.25) is 0 Å². The molecule has 1 aromatic heterocycles. The van der Waals surface area contributed by atoms with Crippen LogP contribution in [-0.4, -0.2) is 31.2 Å². The van der Waals surface area contributed by atoms with Gasteiger partial charge in [-0.05, 0) is 25.7 Å². The highest BCUT2D eigenvalue weighted by molar-refractivity contribution is 7.15. The first-order valence-electron chi connectivity index (χ1n) is 5.92. The van der Waals surface area contributed by atoms with Gasteiger partial charge in [0.15, 0.2) is 10.8 Å². The number of rotatable bonds is 2. The molecule has 1 aromatic rings. The molecule has 0 atom stereocenters. The molecule has 0 bridgehead atoms. The second-order valence-corrected chi connectivity index (χ2v) is 5.74. The number of anilines is 1. The van der Waals surface area contributed by atoms with E-state index in [1.54, 1.807) is 11.3 Å². The molecule has 94 valence electrons. The standard InChI is InChI=1S/C12H18N2O2S/c1-8-4-6-14(7-5-8)12-13-10(9(2)17-12)11(15)16-3/h8H,4-7H2,1-3H3. The number of thiazole rings is 1. The van der Waals surface area contributed by atoms with E-state index in [2.05, 4.69) is 16.8 Å². The third-order valence-corrected chi connectivity index (χ3v) is 4.25. The quantitative estimate of drug-likeness (QED) is 0.760. The zero-order chi connectivity index (χ0) is 12.4. The van der Waals surface area contributed by atoms with Gasteiger partial charge in [-0.25, -0.2) is 9.78 Å². The van der Waals surface area contributed by atoms with Gasteiger partial charge in [-0.15, -0.1) is 11.3 Å². The summed E-state index contributed by atoms with van der Waals surface area (Å²) < 4.78 is 4.72. The lowest BCUT2D eigenvalue weighted by Gasteiger charge is -2.29.